The molecule has 58 valence electrons. The van der Waals surface area contributed by atoms with Crippen LogP contribution in [0.2, 0.25) is 0 Å². The highest BCUT2D eigenvalue weighted by Crippen LogP contribution is 2.09. The van der Waals surface area contributed by atoms with Crippen LogP contribution in [0.3, 0.4) is 0 Å². The molecule has 0 unspecified atom stereocenters. The van der Waals surface area contributed by atoms with Crippen LogP contribution >= 0.6 is 23.7 Å². The molecule has 1 aromatic heterocycles. The second-order valence-corrected chi connectivity index (χ2v) is 3.05. The van der Waals surface area contributed by atoms with E-state index in [1.165, 1.54) is 4.88 Å². The van der Waals surface area contributed by atoms with E-state index in [1.807, 2.05) is 13.1 Å². The Labute approximate surface area is 70.0 Å². The second-order valence-electron chi connectivity index (χ2n) is 1.73. The SMILES string of the molecule is Cc1ncc(CNN)s1.Cl. The molecule has 0 aliphatic heterocycles. The Morgan fingerprint density at radius 2 is 2.50 bits per heavy atom. The molecule has 3 N–H and O–H groups in total. The maximum absolute atomic E-state index is 5.10. The molecule has 0 bridgehead atoms. The first-order chi connectivity index (χ1) is 4.33. The average Bonchev–Trinajstić information content (AvgIpc) is 2.17. The number of rotatable bonds is 2. The van der Waals surface area contributed by atoms with E-state index in [0.29, 0.717) is 6.54 Å². The standard InChI is InChI=1S/C5H9N3S.ClH/c1-4-7-2-5(9-4)3-8-6;/h2,8H,3,6H2,1H3;1H. The van der Waals surface area contributed by atoms with Crippen LogP contribution in [0.15, 0.2) is 6.20 Å². The van der Waals surface area contributed by atoms with Crippen molar-refractivity contribution in [2.24, 2.45) is 5.84 Å². The molecule has 0 fully saturated rings. The zero-order valence-electron chi connectivity index (χ0n) is 5.63. The third-order valence-electron chi connectivity index (χ3n) is 0.945. The second kappa shape index (κ2) is 4.62. The van der Waals surface area contributed by atoms with Crippen LogP contribution < -0.4 is 11.3 Å². The topological polar surface area (TPSA) is 50.9 Å². The van der Waals surface area contributed by atoms with Crippen molar-refractivity contribution in [2.75, 3.05) is 0 Å². The van der Waals surface area contributed by atoms with Crippen molar-refractivity contribution in [3.8, 4) is 0 Å². The first kappa shape index (κ1) is 9.84. The number of nitrogens with two attached hydrogens (primary N) is 1. The average molecular weight is 180 g/mol. The minimum Gasteiger partial charge on any atom is -0.271 e. The Bertz CT molecular complexity index is 189. The van der Waals surface area contributed by atoms with E-state index in [0.717, 1.165) is 5.01 Å². The van der Waals surface area contributed by atoms with Crippen molar-refractivity contribution in [2.45, 2.75) is 13.5 Å². The molecule has 0 aliphatic carbocycles. The Balaban J connectivity index is 0.000000810. The fraction of sp³-hybridized carbons (Fsp3) is 0.400. The third kappa shape index (κ3) is 2.62. The van der Waals surface area contributed by atoms with E-state index in [2.05, 4.69) is 10.4 Å². The van der Waals surface area contributed by atoms with Gasteiger partial charge in [0.2, 0.25) is 0 Å². The lowest BCUT2D eigenvalue weighted by Gasteiger charge is -1.88. The molecule has 0 saturated heterocycles. The number of hydrogen-bond acceptors (Lipinski definition) is 4. The van der Waals surface area contributed by atoms with Crippen molar-refractivity contribution < 1.29 is 0 Å². The number of hydrazine groups is 1. The first-order valence-corrected chi connectivity index (χ1v) is 3.49. The lowest BCUT2D eigenvalue weighted by atomic mass is 10.6. The van der Waals surface area contributed by atoms with E-state index in [9.17, 15) is 0 Å². The summed E-state index contributed by atoms with van der Waals surface area (Å²) < 4.78 is 0. The summed E-state index contributed by atoms with van der Waals surface area (Å²) in [6, 6.07) is 0. The van der Waals surface area contributed by atoms with E-state index >= 15 is 0 Å². The van der Waals surface area contributed by atoms with Gasteiger partial charge in [-0.05, 0) is 6.92 Å². The van der Waals surface area contributed by atoms with E-state index in [4.69, 9.17) is 5.84 Å². The van der Waals surface area contributed by atoms with Gasteiger partial charge in [-0.25, -0.2) is 4.98 Å². The van der Waals surface area contributed by atoms with Crippen molar-refractivity contribution >= 4 is 23.7 Å². The predicted octanol–water partition coefficient (Wildman–Crippen LogP) is 0.837. The van der Waals surface area contributed by atoms with Gasteiger partial charge in [0.1, 0.15) is 0 Å². The molecular weight excluding hydrogens is 170 g/mol. The molecule has 0 aliphatic rings. The van der Waals surface area contributed by atoms with Crippen LogP contribution in [0.1, 0.15) is 9.88 Å². The Hall–Kier alpha value is -0.160. The van der Waals surface area contributed by atoms with Gasteiger partial charge in [0, 0.05) is 17.6 Å². The molecule has 0 radical (unpaired) electrons. The Morgan fingerprint density at radius 3 is 2.90 bits per heavy atom. The van der Waals surface area contributed by atoms with Crippen LogP contribution in [0, 0.1) is 6.92 Å². The maximum atomic E-state index is 5.10. The van der Waals surface area contributed by atoms with Gasteiger partial charge < -0.3 is 0 Å². The maximum Gasteiger partial charge on any atom is 0.0897 e. The van der Waals surface area contributed by atoms with Gasteiger partial charge in [-0.15, -0.1) is 23.7 Å². The van der Waals surface area contributed by atoms with Gasteiger partial charge in [-0.2, -0.15) is 0 Å². The summed E-state index contributed by atoms with van der Waals surface area (Å²) in [6.07, 6.45) is 1.83. The van der Waals surface area contributed by atoms with Gasteiger partial charge in [0.15, 0.2) is 0 Å². The van der Waals surface area contributed by atoms with Gasteiger partial charge in [0.05, 0.1) is 5.01 Å². The lowest BCUT2D eigenvalue weighted by molar-refractivity contribution is 0.750. The molecule has 0 atom stereocenters. The lowest BCUT2D eigenvalue weighted by Crippen LogP contribution is -2.19. The van der Waals surface area contributed by atoms with Crippen LogP contribution in [-0.4, -0.2) is 4.98 Å². The van der Waals surface area contributed by atoms with Gasteiger partial charge >= 0.3 is 0 Å². The molecule has 0 spiro atoms. The molecule has 3 nitrogen and oxygen atoms in total. The van der Waals surface area contributed by atoms with Crippen molar-refractivity contribution in [3.63, 3.8) is 0 Å². The summed E-state index contributed by atoms with van der Waals surface area (Å²) >= 11 is 1.66. The summed E-state index contributed by atoms with van der Waals surface area (Å²) in [5.41, 5.74) is 2.57. The number of nitrogens with one attached hydrogen (secondary N) is 1. The van der Waals surface area contributed by atoms with Crippen molar-refractivity contribution in [3.05, 3.63) is 16.1 Å². The van der Waals surface area contributed by atoms with Crippen LogP contribution in [0.5, 0.6) is 0 Å². The van der Waals surface area contributed by atoms with Crippen molar-refractivity contribution in [1.29, 1.82) is 0 Å². The predicted molar refractivity (Wildman–Crippen MR) is 45.1 cm³/mol. The molecule has 0 amide bonds. The molecule has 1 rings (SSSR count). The summed E-state index contributed by atoms with van der Waals surface area (Å²) in [7, 11) is 0. The highest BCUT2D eigenvalue weighted by molar-refractivity contribution is 7.11. The number of aryl methyl sites for hydroxylation is 1. The monoisotopic (exact) mass is 179 g/mol. The van der Waals surface area contributed by atoms with E-state index in [-0.39, 0.29) is 12.4 Å². The molecule has 0 saturated carbocycles. The normalized spacial score (nSPS) is 9.00. The van der Waals surface area contributed by atoms with Crippen LogP contribution in [0.4, 0.5) is 0 Å². The highest BCUT2D eigenvalue weighted by atomic mass is 35.5. The van der Waals surface area contributed by atoms with Gasteiger partial charge in [-0.3, -0.25) is 11.3 Å². The number of hydrogen-bond donors (Lipinski definition) is 2. The van der Waals surface area contributed by atoms with Gasteiger partial charge in [-0.1, -0.05) is 0 Å². The summed E-state index contributed by atoms with van der Waals surface area (Å²) in [5, 5.41) is 1.08. The fourth-order valence-electron chi connectivity index (χ4n) is 0.588. The fourth-order valence-corrected chi connectivity index (χ4v) is 1.33. The zero-order valence-corrected chi connectivity index (χ0v) is 7.26. The van der Waals surface area contributed by atoms with Crippen LogP contribution in [-0.2, 0) is 6.54 Å². The minimum atomic E-state index is 0. The Morgan fingerprint density at radius 1 is 1.80 bits per heavy atom. The molecule has 5 heteroatoms. The third-order valence-corrected chi connectivity index (χ3v) is 1.86. The summed E-state index contributed by atoms with van der Waals surface area (Å²) in [5.74, 6) is 5.10. The van der Waals surface area contributed by atoms with E-state index in [1.54, 1.807) is 11.3 Å². The molecule has 1 aromatic rings. The summed E-state index contributed by atoms with van der Waals surface area (Å²) in [4.78, 5) is 5.23. The zero-order chi connectivity index (χ0) is 6.69. The van der Waals surface area contributed by atoms with E-state index < -0.39 is 0 Å². The number of halogens is 1. The number of nitrogens with zero attached hydrogens (tertiary/aromatic N) is 1. The minimum absolute atomic E-state index is 0. The largest absolute Gasteiger partial charge is 0.271 e. The smallest absolute Gasteiger partial charge is 0.0897 e. The molecule has 1 heterocycles. The number of thiazole rings is 1. The highest BCUT2D eigenvalue weighted by Gasteiger charge is 1.93. The number of aromatic nitrogens is 1. The molecule has 10 heavy (non-hydrogen) atoms. The molecule has 0 aromatic carbocycles. The van der Waals surface area contributed by atoms with Crippen LogP contribution in [0.25, 0.3) is 0 Å². The first-order valence-electron chi connectivity index (χ1n) is 2.67. The molecular formula is C5H10ClN3S. The van der Waals surface area contributed by atoms with Gasteiger partial charge in [0.25, 0.3) is 0 Å². The Kier molecular flexibility index (Phi) is 4.55. The quantitative estimate of drug-likeness (QED) is 0.523. The summed E-state index contributed by atoms with van der Waals surface area (Å²) in [6.45, 7) is 2.69. The van der Waals surface area contributed by atoms with Crippen molar-refractivity contribution in [1.82, 2.24) is 10.4 Å².